The van der Waals surface area contributed by atoms with Crippen molar-refractivity contribution in [2.45, 2.75) is 348 Å². The Kier molecular flexibility index (Phi) is 58.2. The van der Waals surface area contributed by atoms with Crippen LogP contribution in [0, 0.1) is 0 Å². The summed E-state index contributed by atoms with van der Waals surface area (Å²) in [7, 11) is 0. The van der Waals surface area contributed by atoms with Crippen molar-refractivity contribution in [2.75, 3.05) is 13.2 Å². The van der Waals surface area contributed by atoms with Crippen LogP contribution in [0.1, 0.15) is 342 Å². The van der Waals surface area contributed by atoms with E-state index >= 15 is 0 Å². The van der Waals surface area contributed by atoms with E-state index in [1.54, 1.807) is 0 Å². The van der Waals surface area contributed by atoms with Crippen molar-refractivity contribution < 1.29 is 28.6 Å². The van der Waals surface area contributed by atoms with Gasteiger partial charge in [0.2, 0.25) is 0 Å². The number of allylic oxidation sites excluding steroid dienone is 6. The highest BCUT2D eigenvalue weighted by Crippen LogP contribution is 2.17. The molecule has 0 heterocycles. The van der Waals surface area contributed by atoms with Gasteiger partial charge >= 0.3 is 17.9 Å². The number of hydrogen-bond donors (Lipinski definition) is 0. The van der Waals surface area contributed by atoms with Gasteiger partial charge in [0.1, 0.15) is 13.2 Å². The quantitative estimate of drug-likeness (QED) is 0.0261. The molecule has 0 aromatic carbocycles. The lowest BCUT2D eigenvalue weighted by atomic mass is 10.0. The molecule has 0 aliphatic heterocycles. The van der Waals surface area contributed by atoms with Gasteiger partial charge in [0.15, 0.2) is 6.10 Å². The number of esters is 3. The van der Waals surface area contributed by atoms with Crippen LogP contribution in [0.4, 0.5) is 0 Å². The van der Waals surface area contributed by atoms with Crippen LogP contribution in [0.15, 0.2) is 36.5 Å². The van der Waals surface area contributed by atoms with Crippen molar-refractivity contribution in [3.8, 4) is 0 Å². The van der Waals surface area contributed by atoms with Crippen molar-refractivity contribution in [1.82, 2.24) is 0 Å². The molecule has 0 aliphatic rings. The zero-order chi connectivity index (χ0) is 51.4. The Morgan fingerprint density at radius 2 is 0.507 bits per heavy atom. The average Bonchev–Trinajstić information content (AvgIpc) is 3.37. The minimum Gasteiger partial charge on any atom is -0.462 e. The Balaban J connectivity index is 4.32. The first-order chi connectivity index (χ1) is 35.0. The van der Waals surface area contributed by atoms with Crippen molar-refractivity contribution >= 4 is 17.9 Å². The third kappa shape index (κ3) is 58.4. The monoisotopic (exact) mass is 997 g/mol. The van der Waals surface area contributed by atoms with E-state index in [2.05, 4.69) is 57.2 Å². The van der Waals surface area contributed by atoms with Gasteiger partial charge in [0.05, 0.1) is 0 Å². The Morgan fingerprint density at radius 1 is 0.282 bits per heavy atom. The molecular weight excluding hydrogens is 877 g/mol. The number of unbranched alkanes of at least 4 members (excludes halogenated alkanes) is 41. The molecule has 0 amide bonds. The van der Waals surface area contributed by atoms with Crippen LogP contribution < -0.4 is 0 Å². The van der Waals surface area contributed by atoms with Crippen molar-refractivity contribution in [2.24, 2.45) is 0 Å². The third-order valence-corrected chi connectivity index (χ3v) is 14.1. The highest BCUT2D eigenvalue weighted by atomic mass is 16.6. The third-order valence-electron chi connectivity index (χ3n) is 14.1. The zero-order valence-corrected chi connectivity index (χ0v) is 47.8. The number of carbonyl (C=O) groups excluding carboxylic acids is 3. The summed E-state index contributed by atoms with van der Waals surface area (Å²) >= 11 is 0. The smallest absolute Gasteiger partial charge is 0.306 e. The van der Waals surface area contributed by atoms with Gasteiger partial charge in [-0.3, -0.25) is 14.4 Å². The van der Waals surface area contributed by atoms with E-state index in [9.17, 15) is 14.4 Å². The Labute approximate surface area is 442 Å². The lowest BCUT2D eigenvalue weighted by molar-refractivity contribution is -0.167. The van der Waals surface area contributed by atoms with Crippen LogP contribution in [0.3, 0.4) is 0 Å². The Morgan fingerprint density at radius 3 is 0.817 bits per heavy atom. The van der Waals surface area contributed by atoms with Gasteiger partial charge in [-0.2, -0.15) is 0 Å². The predicted molar refractivity (Wildman–Crippen MR) is 307 cm³/mol. The van der Waals surface area contributed by atoms with Gasteiger partial charge in [-0.1, -0.05) is 282 Å². The molecule has 0 fully saturated rings. The highest BCUT2D eigenvalue weighted by molar-refractivity contribution is 5.71. The summed E-state index contributed by atoms with van der Waals surface area (Å²) in [6.07, 6.45) is 72.8. The van der Waals surface area contributed by atoms with Crippen LogP contribution in [-0.2, 0) is 28.6 Å². The molecule has 0 radical (unpaired) electrons. The standard InChI is InChI=1S/C65H120O6/c1-4-7-10-13-16-19-22-25-28-30-32-34-35-37-40-43-46-49-52-55-58-64(67)70-61-62(60-69-63(66)57-54-51-48-45-42-39-27-24-21-18-15-12-9-6-3)71-65(68)59-56-53-50-47-44-41-38-36-33-31-29-26-23-20-17-14-11-8-5-2/h17,20,24,26-27,29,62H,4-16,18-19,21-23,25,28,30-61H2,1-3H3/b20-17-,27-24-,29-26-. The SMILES string of the molecule is CCCCC/C=C\C/C=C\CCCCCCCCCCCC(=O)OC(COC(=O)CCCCCCC/C=C\CCCCCCC)COC(=O)CCCCCCCCCCCCCCCCCCCCCC. The molecule has 0 aromatic rings. The Bertz CT molecular complexity index is 1190. The first-order valence-corrected chi connectivity index (χ1v) is 31.5. The zero-order valence-electron chi connectivity index (χ0n) is 47.8. The first-order valence-electron chi connectivity index (χ1n) is 31.5. The van der Waals surface area contributed by atoms with E-state index in [0.29, 0.717) is 19.3 Å². The Hall–Kier alpha value is -2.37. The summed E-state index contributed by atoms with van der Waals surface area (Å²) in [5.74, 6) is -0.863. The number of carbonyl (C=O) groups is 3. The van der Waals surface area contributed by atoms with Crippen molar-refractivity contribution in [3.63, 3.8) is 0 Å². The van der Waals surface area contributed by atoms with Crippen LogP contribution in [0.25, 0.3) is 0 Å². The summed E-state index contributed by atoms with van der Waals surface area (Å²) in [4.78, 5) is 38.3. The lowest BCUT2D eigenvalue weighted by Crippen LogP contribution is -2.30. The average molecular weight is 998 g/mol. The molecule has 0 aromatic heterocycles. The molecule has 0 N–H and O–H groups in total. The molecule has 1 unspecified atom stereocenters. The predicted octanol–water partition coefficient (Wildman–Crippen LogP) is 21.2. The van der Waals surface area contributed by atoms with E-state index in [0.717, 1.165) is 70.6 Å². The normalized spacial score (nSPS) is 12.2. The second kappa shape index (κ2) is 60.2. The minimum atomic E-state index is -0.776. The topological polar surface area (TPSA) is 78.9 Å². The maximum absolute atomic E-state index is 12.9. The fourth-order valence-corrected chi connectivity index (χ4v) is 9.35. The number of hydrogen-bond acceptors (Lipinski definition) is 6. The molecule has 6 heteroatoms. The van der Waals surface area contributed by atoms with E-state index in [1.165, 1.54) is 231 Å². The maximum Gasteiger partial charge on any atom is 0.306 e. The summed E-state index contributed by atoms with van der Waals surface area (Å²) in [5.41, 5.74) is 0. The molecular formula is C65H120O6. The van der Waals surface area contributed by atoms with Crippen molar-refractivity contribution in [3.05, 3.63) is 36.5 Å². The van der Waals surface area contributed by atoms with Crippen LogP contribution >= 0.6 is 0 Å². The van der Waals surface area contributed by atoms with Gasteiger partial charge < -0.3 is 14.2 Å². The van der Waals surface area contributed by atoms with E-state index < -0.39 is 6.10 Å². The van der Waals surface area contributed by atoms with Gasteiger partial charge in [0, 0.05) is 19.3 Å². The molecule has 6 nitrogen and oxygen atoms in total. The lowest BCUT2D eigenvalue weighted by Gasteiger charge is -2.18. The molecule has 0 spiro atoms. The summed E-state index contributed by atoms with van der Waals surface area (Å²) in [6.45, 7) is 6.65. The number of rotatable bonds is 58. The van der Waals surface area contributed by atoms with Gasteiger partial charge in [-0.05, 0) is 77.0 Å². The molecule has 0 aliphatic carbocycles. The summed E-state index contributed by atoms with van der Waals surface area (Å²) in [6, 6.07) is 0. The minimum absolute atomic E-state index is 0.0722. The highest BCUT2D eigenvalue weighted by Gasteiger charge is 2.19. The molecule has 0 saturated carbocycles. The fraction of sp³-hybridized carbons (Fsp3) is 0.862. The van der Waals surface area contributed by atoms with E-state index in [1.807, 2.05) is 0 Å². The number of ether oxygens (including phenoxy) is 3. The largest absolute Gasteiger partial charge is 0.462 e. The van der Waals surface area contributed by atoms with Crippen LogP contribution in [0.5, 0.6) is 0 Å². The van der Waals surface area contributed by atoms with E-state index in [4.69, 9.17) is 14.2 Å². The molecule has 416 valence electrons. The van der Waals surface area contributed by atoms with Crippen LogP contribution in [-0.4, -0.2) is 37.2 Å². The summed E-state index contributed by atoms with van der Waals surface area (Å²) < 4.78 is 16.9. The molecule has 0 saturated heterocycles. The fourth-order valence-electron chi connectivity index (χ4n) is 9.35. The van der Waals surface area contributed by atoms with Crippen molar-refractivity contribution in [1.29, 1.82) is 0 Å². The summed E-state index contributed by atoms with van der Waals surface area (Å²) in [5, 5.41) is 0. The second-order valence-electron chi connectivity index (χ2n) is 21.3. The second-order valence-corrected chi connectivity index (χ2v) is 21.3. The van der Waals surface area contributed by atoms with E-state index in [-0.39, 0.29) is 31.1 Å². The van der Waals surface area contributed by atoms with Gasteiger partial charge in [-0.25, -0.2) is 0 Å². The van der Waals surface area contributed by atoms with Gasteiger partial charge in [-0.15, -0.1) is 0 Å². The van der Waals surface area contributed by atoms with Crippen LogP contribution in [0.2, 0.25) is 0 Å². The van der Waals surface area contributed by atoms with Gasteiger partial charge in [0.25, 0.3) is 0 Å². The molecule has 0 rings (SSSR count). The maximum atomic E-state index is 12.9. The molecule has 0 bridgehead atoms. The molecule has 1 atom stereocenters. The molecule has 71 heavy (non-hydrogen) atoms. The first kappa shape index (κ1) is 68.6.